The normalized spacial score (nSPS) is 23.6. The molecule has 0 aromatic carbocycles. The van der Waals surface area contributed by atoms with E-state index in [-0.39, 0.29) is 0 Å². The number of allylic oxidation sites excluding steroid dienone is 6. The molecule has 0 radical (unpaired) electrons. The van der Waals surface area contributed by atoms with Crippen LogP contribution in [0.3, 0.4) is 0 Å². The molecule has 0 spiro atoms. The number of nitrogens with one attached hydrogen (secondary N) is 1. The van der Waals surface area contributed by atoms with E-state index in [9.17, 15) is 4.39 Å². The maximum atomic E-state index is 14.9. The summed E-state index contributed by atoms with van der Waals surface area (Å²) in [7, 11) is 0. The summed E-state index contributed by atoms with van der Waals surface area (Å²) in [6.07, 6.45) is 12.0. The molecule has 1 rings (SSSR count). The predicted molar refractivity (Wildman–Crippen MR) is 118 cm³/mol. The molecule has 1 N–H and O–H groups in total. The van der Waals surface area contributed by atoms with Crippen molar-refractivity contribution in [2.75, 3.05) is 0 Å². The van der Waals surface area contributed by atoms with Crippen molar-refractivity contribution in [3.05, 3.63) is 59.9 Å². The molecule has 0 amide bonds. The summed E-state index contributed by atoms with van der Waals surface area (Å²) in [6.45, 7) is 19.1. The second kappa shape index (κ2) is 10.4. The fourth-order valence-electron chi connectivity index (χ4n) is 3.36. The van der Waals surface area contributed by atoms with Gasteiger partial charge in [-0.3, -0.25) is 4.99 Å². The van der Waals surface area contributed by atoms with Crippen molar-refractivity contribution in [2.45, 2.75) is 78.9 Å². The topological polar surface area (TPSA) is 24.4 Å². The Kier molecular flexibility index (Phi) is 8.95. The molecule has 150 valence electrons. The van der Waals surface area contributed by atoms with Crippen LogP contribution in [-0.4, -0.2) is 17.5 Å². The van der Waals surface area contributed by atoms with E-state index in [1.54, 1.807) is 26.0 Å². The van der Waals surface area contributed by atoms with Crippen LogP contribution in [0.5, 0.6) is 0 Å². The number of halogens is 1. The molecule has 1 fully saturated rings. The molecule has 1 aliphatic rings. The summed E-state index contributed by atoms with van der Waals surface area (Å²) in [6, 6.07) is 0.342. The number of aliphatic imine (C=N–C) groups is 1. The lowest BCUT2D eigenvalue weighted by atomic mass is 9.88. The third-order valence-electron chi connectivity index (χ3n) is 5.13. The van der Waals surface area contributed by atoms with Crippen molar-refractivity contribution in [3.63, 3.8) is 0 Å². The van der Waals surface area contributed by atoms with Crippen LogP contribution >= 0.6 is 0 Å². The zero-order chi connectivity index (χ0) is 20.6. The summed E-state index contributed by atoms with van der Waals surface area (Å²) < 4.78 is 14.9. The van der Waals surface area contributed by atoms with Crippen LogP contribution in [0.25, 0.3) is 0 Å². The summed E-state index contributed by atoms with van der Waals surface area (Å²) in [5.41, 5.74) is 1.57. The van der Waals surface area contributed by atoms with Crippen LogP contribution < -0.4 is 5.32 Å². The molecule has 1 aliphatic carbocycles. The molecule has 2 nitrogen and oxygen atoms in total. The Labute approximate surface area is 165 Å². The standard InChI is InChI=1S/C24H37FN2/c1-9-17(4)16-20(10-2)23(22(11-3)24(7,8)25)27-19(6)26-21-14-12-18(5)13-15-21/h9-11,16,18,21H,2-3,12-15H2,1,4-8H3,(H,26,27)/b17-9-,20-16-,23-22+. The first-order chi connectivity index (χ1) is 12.6. The second-order valence-electron chi connectivity index (χ2n) is 8.05. The van der Waals surface area contributed by atoms with Gasteiger partial charge < -0.3 is 5.32 Å². The first-order valence-corrected chi connectivity index (χ1v) is 9.97. The summed E-state index contributed by atoms with van der Waals surface area (Å²) in [4.78, 5) is 4.86. The van der Waals surface area contributed by atoms with Gasteiger partial charge in [-0.05, 0) is 71.8 Å². The Morgan fingerprint density at radius 3 is 2.15 bits per heavy atom. The van der Waals surface area contributed by atoms with Crippen molar-refractivity contribution in [2.24, 2.45) is 10.9 Å². The maximum absolute atomic E-state index is 14.9. The molecule has 0 heterocycles. The third-order valence-corrected chi connectivity index (χ3v) is 5.13. The van der Waals surface area contributed by atoms with E-state index >= 15 is 0 Å². The summed E-state index contributed by atoms with van der Waals surface area (Å²) in [5.74, 6) is 1.60. The van der Waals surface area contributed by atoms with Gasteiger partial charge in [0.1, 0.15) is 5.67 Å². The molecular weight excluding hydrogens is 335 g/mol. The van der Waals surface area contributed by atoms with Gasteiger partial charge >= 0.3 is 0 Å². The maximum Gasteiger partial charge on any atom is 0.132 e. The smallest absolute Gasteiger partial charge is 0.132 e. The van der Waals surface area contributed by atoms with Gasteiger partial charge in [-0.25, -0.2) is 4.39 Å². The predicted octanol–water partition coefficient (Wildman–Crippen LogP) is 6.84. The van der Waals surface area contributed by atoms with Crippen molar-refractivity contribution in [1.82, 2.24) is 5.32 Å². The first-order valence-electron chi connectivity index (χ1n) is 9.97. The van der Waals surface area contributed by atoms with Gasteiger partial charge in [-0.15, -0.1) is 0 Å². The van der Waals surface area contributed by atoms with Crippen molar-refractivity contribution >= 4 is 5.84 Å². The fourth-order valence-corrected chi connectivity index (χ4v) is 3.36. The zero-order valence-electron chi connectivity index (χ0n) is 18.0. The van der Waals surface area contributed by atoms with E-state index in [4.69, 9.17) is 4.99 Å². The zero-order valence-corrected chi connectivity index (χ0v) is 18.0. The average molecular weight is 373 g/mol. The quantitative estimate of drug-likeness (QED) is 0.295. The van der Waals surface area contributed by atoms with Gasteiger partial charge in [0.2, 0.25) is 0 Å². The highest BCUT2D eigenvalue weighted by atomic mass is 19.1. The molecule has 1 saturated carbocycles. The number of nitrogens with zero attached hydrogens (tertiary/aromatic N) is 1. The first kappa shape index (κ1) is 23.1. The van der Waals surface area contributed by atoms with E-state index < -0.39 is 5.67 Å². The lowest BCUT2D eigenvalue weighted by Gasteiger charge is -2.26. The third kappa shape index (κ3) is 7.32. The van der Waals surface area contributed by atoms with Gasteiger partial charge in [0.25, 0.3) is 0 Å². The molecule has 0 saturated heterocycles. The monoisotopic (exact) mass is 372 g/mol. The van der Waals surface area contributed by atoms with E-state index in [0.717, 1.165) is 35.7 Å². The molecular formula is C24H37FN2. The van der Waals surface area contributed by atoms with Crippen LogP contribution in [0.4, 0.5) is 4.39 Å². The molecule has 0 unspecified atom stereocenters. The lowest BCUT2D eigenvalue weighted by Crippen LogP contribution is -2.29. The molecule has 0 aromatic heterocycles. The van der Waals surface area contributed by atoms with Gasteiger partial charge in [0.05, 0.1) is 17.6 Å². The molecule has 27 heavy (non-hydrogen) atoms. The highest BCUT2D eigenvalue weighted by molar-refractivity contribution is 5.83. The second-order valence-corrected chi connectivity index (χ2v) is 8.05. The van der Waals surface area contributed by atoms with E-state index in [0.29, 0.717) is 17.3 Å². The minimum atomic E-state index is -1.53. The van der Waals surface area contributed by atoms with Crippen LogP contribution in [0.15, 0.2) is 64.9 Å². The van der Waals surface area contributed by atoms with Crippen LogP contribution in [0, 0.1) is 5.92 Å². The van der Waals surface area contributed by atoms with Gasteiger partial charge in [0.15, 0.2) is 0 Å². The van der Waals surface area contributed by atoms with Gasteiger partial charge in [-0.2, -0.15) is 0 Å². The van der Waals surface area contributed by atoms with E-state index in [1.165, 1.54) is 12.8 Å². The number of hydrogen-bond acceptors (Lipinski definition) is 1. The van der Waals surface area contributed by atoms with E-state index in [1.807, 2.05) is 32.9 Å². The summed E-state index contributed by atoms with van der Waals surface area (Å²) >= 11 is 0. The van der Waals surface area contributed by atoms with Crippen LogP contribution in [0.1, 0.15) is 67.2 Å². The molecule has 0 bridgehead atoms. The number of rotatable bonds is 7. The molecule has 0 aromatic rings. The summed E-state index contributed by atoms with van der Waals surface area (Å²) in [5, 5.41) is 3.37. The SMILES string of the molecule is C=CC(=C/C(C)=C\C)/C(NC(C)=NC1CCC(C)CC1)=C(/C=C)C(C)(C)F. The Bertz CT molecular complexity index is 648. The molecule has 0 atom stereocenters. The van der Waals surface area contributed by atoms with Crippen LogP contribution in [-0.2, 0) is 0 Å². The highest BCUT2D eigenvalue weighted by Gasteiger charge is 2.25. The number of alkyl halides is 1. The van der Waals surface area contributed by atoms with Crippen LogP contribution in [0.2, 0.25) is 0 Å². The molecule has 0 aliphatic heterocycles. The Balaban J connectivity index is 3.30. The Morgan fingerprint density at radius 2 is 1.70 bits per heavy atom. The lowest BCUT2D eigenvalue weighted by molar-refractivity contribution is 0.272. The minimum Gasteiger partial charge on any atom is -0.343 e. The van der Waals surface area contributed by atoms with Crippen molar-refractivity contribution < 1.29 is 4.39 Å². The largest absolute Gasteiger partial charge is 0.343 e. The average Bonchev–Trinajstić information content (AvgIpc) is 2.60. The van der Waals surface area contributed by atoms with Crippen molar-refractivity contribution in [1.29, 1.82) is 0 Å². The molecule has 3 heteroatoms. The van der Waals surface area contributed by atoms with Crippen molar-refractivity contribution in [3.8, 4) is 0 Å². The fraction of sp³-hybridized carbons (Fsp3) is 0.542. The van der Waals surface area contributed by atoms with E-state index in [2.05, 4.69) is 25.4 Å². The minimum absolute atomic E-state index is 0.342. The highest BCUT2D eigenvalue weighted by Crippen LogP contribution is 2.29. The van der Waals surface area contributed by atoms with Gasteiger partial charge in [-0.1, -0.05) is 50.0 Å². The van der Waals surface area contributed by atoms with Gasteiger partial charge in [0, 0.05) is 5.57 Å². The number of hydrogen-bond donors (Lipinski definition) is 1. The number of amidine groups is 1. The Hall–Kier alpha value is -1.90. The Morgan fingerprint density at radius 1 is 1.11 bits per heavy atom.